The number of pyridine rings is 1. The largest absolute Gasteiger partial charge is 0.343 e. The Labute approximate surface area is 137 Å². The van der Waals surface area contributed by atoms with Gasteiger partial charge in [-0.2, -0.15) is 4.98 Å². The SMILES string of the molecule is Cc1cc(-c2nc(-c3ccc(C(=O)N(C)C)nc3)no2)sc1C. The van der Waals surface area contributed by atoms with E-state index in [0.717, 1.165) is 4.88 Å². The van der Waals surface area contributed by atoms with Crippen LogP contribution in [-0.2, 0) is 0 Å². The van der Waals surface area contributed by atoms with Gasteiger partial charge in [0.1, 0.15) is 5.69 Å². The lowest BCUT2D eigenvalue weighted by Gasteiger charge is -2.08. The van der Waals surface area contributed by atoms with Gasteiger partial charge >= 0.3 is 0 Å². The first-order valence-electron chi connectivity index (χ1n) is 7.05. The Bertz CT molecular complexity index is 830. The first-order chi connectivity index (χ1) is 11.0. The zero-order valence-electron chi connectivity index (χ0n) is 13.3. The van der Waals surface area contributed by atoms with Crippen LogP contribution in [0.2, 0.25) is 0 Å². The van der Waals surface area contributed by atoms with Gasteiger partial charge in [0.2, 0.25) is 5.82 Å². The summed E-state index contributed by atoms with van der Waals surface area (Å²) >= 11 is 1.62. The lowest BCUT2D eigenvalue weighted by molar-refractivity contribution is 0.0822. The monoisotopic (exact) mass is 328 g/mol. The number of hydrogen-bond donors (Lipinski definition) is 0. The van der Waals surface area contributed by atoms with E-state index in [9.17, 15) is 4.79 Å². The van der Waals surface area contributed by atoms with Crippen LogP contribution in [0.25, 0.3) is 22.2 Å². The van der Waals surface area contributed by atoms with Crippen molar-refractivity contribution < 1.29 is 9.32 Å². The van der Waals surface area contributed by atoms with Crippen LogP contribution in [0.5, 0.6) is 0 Å². The minimum absolute atomic E-state index is 0.144. The van der Waals surface area contributed by atoms with Crippen LogP contribution in [0.1, 0.15) is 20.9 Å². The number of nitrogens with zero attached hydrogens (tertiary/aromatic N) is 4. The van der Waals surface area contributed by atoms with Gasteiger partial charge in [0.25, 0.3) is 11.8 Å². The quantitative estimate of drug-likeness (QED) is 0.738. The maximum Gasteiger partial charge on any atom is 0.271 e. The molecule has 0 radical (unpaired) electrons. The molecule has 0 aliphatic carbocycles. The number of thiophene rings is 1. The molecular weight excluding hydrogens is 312 g/mol. The normalized spacial score (nSPS) is 10.8. The van der Waals surface area contributed by atoms with Crippen molar-refractivity contribution >= 4 is 17.2 Å². The Hall–Kier alpha value is -2.54. The highest BCUT2D eigenvalue weighted by Crippen LogP contribution is 2.30. The molecule has 6 nitrogen and oxygen atoms in total. The molecule has 0 atom stereocenters. The molecule has 3 aromatic heterocycles. The highest BCUT2D eigenvalue weighted by Gasteiger charge is 2.15. The molecule has 0 aromatic carbocycles. The second-order valence-electron chi connectivity index (χ2n) is 5.40. The Morgan fingerprint density at radius 2 is 2.04 bits per heavy atom. The summed E-state index contributed by atoms with van der Waals surface area (Å²) in [5.41, 5.74) is 2.30. The zero-order chi connectivity index (χ0) is 16.6. The van der Waals surface area contributed by atoms with E-state index in [2.05, 4.69) is 29.0 Å². The van der Waals surface area contributed by atoms with E-state index in [0.29, 0.717) is 23.0 Å². The summed E-state index contributed by atoms with van der Waals surface area (Å²) in [6.45, 7) is 4.11. The lowest BCUT2D eigenvalue weighted by atomic mass is 10.2. The Morgan fingerprint density at radius 3 is 2.61 bits per heavy atom. The number of hydrogen-bond acceptors (Lipinski definition) is 6. The van der Waals surface area contributed by atoms with Crippen LogP contribution in [0.3, 0.4) is 0 Å². The molecule has 0 unspecified atom stereocenters. The molecule has 0 bridgehead atoms. The zero-order valence-corrected chi connectivity index (χ0v) is 14.1. The van der Waals surface area contributed by atoms with E-state index in [1.807, 2.05) is 6.07 Å². The predicted molar refractivity (Wildman–Crippen MR) is 88.3 cm³/mol. The Balaban J connectivity index is 1.87. The molecular formula is C16H16N4O2S. The number of carbonyl (C=O) groups excluding carboxylic acids is 1. The molecule has 3 aromatic rings. The molecule has 0 saturated carbocycles. The van der Waals surface area contributed by atoms with Gasteiger partial charge in [-0.05, 0) is 37.6 Å². The van der Waals surface area contributed by atoms with Gasteiger partial charge in [-0.25, -0.2) is 0 Å². The Kier molecular flexibility index (Phi) is 3.96. The summed E-state index contributed by atoms with van der Waals surface area (Å²) in [6, 6.07) is 5.46. The van der Waals surface area contributed by atoms with Crippen molar-refractivity contribution in [3.05, 3.63) is 40.5 Å². The molecule has 0 aliphatic heterocycles. The molecule has 0 fully saturated rings. The van der Waals surface area contributed by atoms with Gasteiger partial charge in [0.15, 0.2) is 0 Å². The fraction of sp³-hybridized carbons (Fsp3) is 0.250. The topological polar surface area (TPSA) is 72.1 Å². The van der Waals surface area contributed by atoms with Crippen molar-refractivity contribution in [3.8, 4) is 22.2 Å². The van der Waals surface area contributed by atoms with Gasteiger partial charge in [0, 0.05) is 30.7 Å². The van der Waals surface area contributed by atoms with Crippen LogP contribution in [0, 0.1) is 13.8 Å². The molecule has 0 saturated heterocycles. The maximum atomic E-state index is 11.8. The summed E-state index contributed by atoms with van der Waals surface area (Å²) in [5, 5.41) is 4.00. The summed E-state index contributed by atoms with van der Waals surface area (Å²) in [6.07, 6.45) is 1.58. The molecule has 7 heteroatoms. The molecule has 118 valence electrons. The van der Waals surface area contributed by atoms with E-state index in [1.54, 1.807) is 43.8 Å². The fourth-order valence-corrected chi connectivity index (χ4v) is 2.96. The first-order valence-corrected chi connectivity index (χ1v) is 7.86. The summed E-state index contributed by atoms with van der Waals surface area (Å²) in [5.74, 6) is 0.810. The smallest absolute Gasteiger partial charge is 0.271 e. The third-order valence-electron chi connectivity index (χ3n) is 3.45. The fourth-order valence-electron chi connectivity index (χ4n) is 2.00. The van der Waals surface area contributed by atoms with Crippen molar-refractivity contribution in [1.29, 1.82) is 0 Å². The second-order valence-corrected chi connectivity index (χ2v) is 6.66. The molecule has 0 spiro atoms. The van der Waals surface area contributed by atoms with Gasteiger partial charge < -0.3 is 9.42 Å². The minimum Gasteiger partial charge on any atom is -0.343 e. The molecule has 3 rings (SSSR count). The highest BCUT2D eigenvalue weighted by molar-refractivity contribution is 7.15. The van der Waals surface area contributed by atoms with Gasteiger partial charge in [-0.3, -0.25) is 9.78 Å². The summed E-state index contributed by atoms with van der Waals surface area (Å²) in [7, 11) is 3.38. The number of carbonyl (C=O) groups is 1. The van der Waals surface area contributed by atoms with Crippen LogP contribution in [0.4, 0.5) is 0 Å². The maximum absolute atomic E-state index is 11.8. The summed E-state index contributed by atoms with van der Waals surface area (Å²) < 4.78 is 5.34. The lowest BCUT2D eigenvalue weighted by Crippen LogP contribution is -2.22. The molecule has 0 N–H and O–H groups in total. The average Bonchev–Trinajstić information content (AvgIpc) is 3.14. The Morgan fingerprint density at radius 1 is 1.26 bits per heavy atom. The van der Waals surface area contributed by atoms with Crippen molar-refractivity contribution in [1.82, 2.24) is 20.0 Å². The summed E-state index contributed by atoms with van der Waals surface area (Å²) in [4.78, 5) is 24.1. The van der Waals surface area contributed by atoms with E-state index in [4.69, 9.17) is 4.52 Å². The van der Waals surface area contributed by atoms with Gasteiger partial charge in [-0.15, -0.1) is 11.3 Å². The van der Waals surface area contributed by atoms with Crippen LogP contribution in [-0.4, -0.2) is 40.0 Å². The molecule has 3 heterocycles. The predicted octanol–water partition coefficient (Wildman–Crippen LogP) is 3.18. The van der Waals surface area contributed by atoms with Crippen molar-refractivity contribution in [2.75, 3.05) is 14.1 Å². The van der Waals surface area contributed by atoms with E-state index >= 15 is 0 Å². The standard InChI is InChI=1S/C16H16N4O2S/c1-9-7-13(23-10(9)2)15-18-14(19-22-15)11-5-6-12(17-8-11)16(21)20(3)4/h5-8H,1-4H3. The minimum atomic E-state index is -0.144. The number of rotatable bonds is 3. The third kappa shape index (κ3) is 3.00. The van der Waals surface area contributed by atoms with Crippen molar-refractivity contribution in [3.63, 3.8) is 0 Å². The van der Waals surface area contributed by atoms with E-state index in [1.165, 1.54) is 15.3 Å². The third-order valence-corrected chi connectivity index (χ3v) is 4.59. The van der Waals surface area contributed by atoms with Crippen molar-refractivity contribution in [2.24, 2.45) is 0 Å². The number of aryl methyl sites for hydroxylation is 2. The number of amides is 1. The molecule has 1 amide bonds. The van der Waals surface area contributed by atoms with Gasteiger partial charge in [0.05, 0.1) is 4.88 Å². The van der Waals surface area contributed by atoms with Gasteiger partial charge in [-0.1, -0.05) is 5.16 Å². The van der Waals surface area contributed by atoms with Crippen molar-refractivity contribution in [2.45, 2.75) is 13.8 Å². The number of aromatic nitrogens is 3. The van der Waals surface area contributed by atoms with E-state index in [-0.39, 0.29) is 5.91 Å². The average molecular weight is 328 g/mol. The van der Waals surface area contributed by atoms with E-state index < -0.39 is 0 Å². The highest BCUT2D eigenvalue weighted by atomic mass is 32.1. The molecule has 0 aliphatic rings. The second kappa shape index (κ2) is 5.92. The first kappa shape index (κ1) is 15.4. The van der Waals surface area contributed by atoms with Crippen LogP contribution in [0.15, 0.2) is 28.9 Å². The molecule has 23 heavy (non-hydrogen) atoms. The van der Waals surface area contributed by atoms with Crippen LogP contribution >= 0.6 is 11.3 Å². The van der Waals surface area contributed by atoms with Crippen LogP contribution < -0.4 is 0 Å².